The number of amides is 2. The van der Waals surface area contributed by atoms with E-state index in [-0.39, 0.29) is 29.8 Å². The van der Waals surface area contributed by atoms with Crippen molar-refractivity contribution in [1.29, 1.82) is 0 Å². The lowest BCUT2D eigenvalue weighted by molar-refractivity contribution is -0.127. The minimum absolute atomic E-state index is 0.0721. The molecule has 1 aromatic carbocycles. The van der Waals surface area contributed by atoms with Crippen LogP contribution in [0.3, 0.4) is 0 Å². The van der Waals surface area contributed by atoms with Crippen molar-refractivity contribution in [3.8, 4) is 0 Å². The zero-order valence-electron chi connectivity index (χ0n) is 14.4. The van der Waals surface area contributed by atoms with Gasteiger partial charge in [-0.1, -0.05) is 51.1 Å². The monoisotopic (exact) mass is 320 g/mol. The van der Waals surface area contributed by atoms with Gasteiger partial charge >= 0.3 is 0 Å². The second-order valence-electron chi connectivity index (χ2n) is 7.13. The summed E-state index contributed by atoms with van der Waals surface area (Å²) in [7, 11) is 0. The summed E-state index contributed by atoms with van der Waals surface area (Å²) in [6.45, 7) is 7.58. The Hall–Kier alpha value is -1.88. The van der Waals surface area contributed by atoms with E-state index in [4.69, 9.17) is 0 Å². The van der Waals surface area contributed by atoms with Crippen LogP contribution in [0.1, 0.15) is 39.7 Å². The maximum atomic E-state index is 11.8. The number of aliphatic hydroxyl groups excluding tert-OH is 1. The molecule has 0 aromatic heterocycles. The molecule has 1 rings (SSSR count). The lowest BCUT2D eigenvalue weighted by atomic mass is 9.92. The molecule has 0 saturated carbocycles. The largest absolute Gasteiger partial charge is 0.391 e. The molecular formula is C18H28N2O3. The van der Waals surface area contributed by atoms with Crippen LogP contribution < -0.4 is 10.6 Å². The summed E-state index contributed by atoms with van der Waals surface area (Å²) in [5, 5.41) is 15.5. The highest BCUT2D eigenvalue weighted by Gasteiger charge is 2.19. The second kappa shape index (κ2) is 8.67. The van der Waals surface area contributed by atoms with Gasteiger partial charge < -0.3 is 15.7 Å². The maximum Gasteiger partial charge on any atom is 0.239 e. The summed E-state index contributed by atoms with van der Waals surface area (Å²) in [6.07, 6.45) is 0.164. The average molecular weight is 320 g/mol. The topological polar surface area (TPSA) is 78.4 Å². The fourth-order valence-corrected chi connectivity index (χ4v) is 2.16. The highest BCUT2D eigenvalue weighted by Crippen LogP contribution is 2.17. The Kier molecular flexibility index (Phi) is 7.23. The number of hydrogen-bond acceptors (Lipinski definition) is 3. The molecule has 0 heterocycles. The molecule has 5 nitrogen and oxygen atoms in total. The molecule has 2 unspecified atom stereocenters. The normalized spacial score (nSPS) is 14.0. The van der Waals surface area contributed by atoms with E-state index >= 15 is 0 Å². The smallest absolute Gasteiger partial charge is 0.239 e. The first-order valence-electron chi connectivity index (χ1n) is 7.95. The van der Waals surface area contributed by atoms with Crippen molar-refractivity contribution in [2.75, 3.05) is 6.54 Å². The molecule has 0 bridgehead atoms. The van der Waals surface area contributed by atoms with Gasteiger partial charge in [0.2, 0.25) is 11.8 Å². The minimum Gasteiger partial charge on any atom is -0.391 e. The molecule has 0 radical (unpaired) electrons. The quantitative estimate of drug-likeness (QED) is 0.715. The van der Waals surface area contributed by atoms with Crippen molar-refractivity contribution in [3.05, 3.63) is 35.9 Å². The van der Waals surface area contributed by atoms with Crippen molar-refractivity contribution >= 4 is 11.8 Å². The zero-order chi connectivity index (χ0) is 17.5. The second-order valence-corrected chi connectivity index (χ2v) is 7.13. The summed E-state index contributed by atoms with van der Waals surface area (Å²) < 4.78 is 0. The molecule has 5 heteroatoms. The van der Waals surface area contributed by atoms with Crippen molar-refractivity contribution in [2.45, 2.75) is 52.7 Å². The van der Waals surface area contributed by atoms with Gasteiger partial charge in [-0.25, -0.2) is 0 Å². The molecule has 1 aromatic rings. The molecule has 0 spiro atoms. The Balaban J connectivity index is 2.34. The van der Waals surface area contributed by atoms with Crippen LogP contribution in [0.15, 0.2) is 30.3 Å². The van der Waals surface area contributed by atoms with E-state index in [1.54, 1.807) is 6.92 Å². The van der Waals surface area contributed by atoms with Gasteiger partial charge in [-0.2, -0.15) is 0 Å². The van der Waals surface area contributed by atoms with E-state index in [1.807, 2.05) is 51.1 Å². The third-order valence-electron chi connectivity index (χ3n) is 3.39. The standard InChI is InChI=1S/C18H28N2O3/c1-13(15(21)10-14-8-6-5-7-9-14)20-17(23)12-19-16(22)11-18(2,3)4/h5-9,13,15,21H,10-12H2,1-4H3,(H,19,22)(H,20,23). The molecule has 3 N–H and O–H groups in total. The van der Waals surface area contributed by atoms with Crippen LogP contribution in [0.2, 0.25) is 0 Å². The number of nitrogens with one attached hydrogen (secondary N) is 2. The SMILES string of the molecule is CC(NC(=O)CNC(=O)CC(C)(C)C)C(O)Cc1ccccc1. The number of rotatable bonds is 7. The Labute approximate surface area is 138 Å². The first-order chi connectivity index (χ1) is 10.7. The van der Waals surface area contributed by atoms with Crippen LogP contribution in [0, 0.1) is 5.41 Å². The Morgan fingerprint density at radius 2 is 1.74 bits per heavy atom. The first-order valence-corrected chi connectivity index (χ1v) is 7.95. The number of benzene rings is 1. The number of aliphatic hydroxyl groups is 1. The van der Waals surface area contributed by atoms with E-state index in [9.17, 15) is 14.7 Å². The Morgan fingerprint density at radius 1 is 1.13 bits per heavy atom. The predicted octanol–water partition coefficient (Wildman–Crippen LogP) is 1.65. The van der Waals surface area contributed by atoms with Crippen LogP contribution in [0.5, 0.6) is 0 Å². The summed E-state index contributed by atoms with van der Waals surface area (Å²) in [5.41, 5.74) is 0.902. The van der Waals surface area contributed by atoms with Gasteiger partial charge in [0.15, 0.2) is 0 Å². The molecule has 0 aliphatic heterocycles. The van der Waals surface area contributed by atoms with Gasteiger partial charge in [0, 0.05) is 12.8 Å². The van der Waals surface area contributed by atoms with Crippen LogP contribution in [-0.4, -0.2) is 35.6 Å². The van der Waals surface area contributed by atoms with Gasteiger partial charge in [0.25, 0.3) is 0 Å². The molecule has 0 saturated heterocycles. The lowest BCUT2D eigenvalue weighted by Crippen LogP contribution is -2.46. The first kappa shape index (κ1) is 19.2. The molecule has 0 aliphatic rings. The van der Waals surface area contributed by atoms with Crippen LogP contribution in [0.25, 0.3) is 0 Å². The Bertz CT molecular complexity index is 509. The van der Waals surface area contributed by atoms with E-state index in [0.717, 1.165) is 5.56 Å². The summed E-state index contributed by atoms with van der Waals surface area (Å²) in [4.78, 5) is 23.5. The summed E-state index contributed by atoms with van der Waals surface area (Å²) in [6, 6.07) is 9.23. The lowest BCUT2D eigenvalue weighted by Gasteiger charge is -2.21. The maximum absolute atomic E-state index is 11.8. The highest BCUT2D eigenvalue weighted by atomic mass is 16.3. The third-order valence-corrected chi connectivity index (χ3v) is 3.39. The summed E-state index contributed by atoms with van der Waals surface area (Å²) in [5.74, 6) is -0.447. The number of hydrogen-bond donors (Lipinski definition) is 3. The Morgan fingerprint density at radius 3 is 2.30 bits per heavy atom. The number of carbonyl (C=O) groups excluding carboxylic acids is 2. The molecule has 128 valence electrons. The fourth-order valence-electron chi connectivity index (χ4n) is 2.16. The average Bonchev–Trinajstić information content (AvgIpc) is 2.44. The van der Waals surface area contributed by atoms with Gasteiger partial charge in [-0.15, -0.1) is 0 Å². The summed E-state index contributed by atoms with van der Waals surface area (Å²) >= 11 is 0. The van der Waals surface area contributed by atoms with E-state index in [2.05, 4.69) is 10.6 Å². The van der Waals surface area contributed by atoms with Crippen molar-refractivity contribution in [3.63, 3.8) is 0 Å². The molecular weight excluding hydrogens is 292 g/mol. The van der Waals surface area contributed by atoms with Gasteiger partial charge in [-0.05, 0) is 17.9 Å². The fraction of sp³-hybridized carbons (Fsp3) is 0.556. The zero-order valence-corrected chi connectivity index (χ0v) is 14.4. The molecule has 0 aliphatic carbocycles. The highest BCUT2D eigenvalue weighted by molar-refractivity contribution is 5.85. The number of carbonyl (C=O) groups is 2. The molecule has 23 heavy (non-hydrogen) atoms. The molecule has 2 amide bonds. The van der Waals surface area contributed by atoms with Gasteiger partial charge in [-0.3, -0.25) is 9.59 Å². The molecule has 0 fully saturated rings. The minimum atomic E-state index is -0.674. The van der Waals surface area contributed by atoms with E-state index in [1.165, 1.54) is 0 Å². The van der Waals surface area contributed by atoms with Crippen LogP contribution in [0.4, 0.5) is 0 Å². The third kappa shape index (κ3) is 8.35. The molecule has 2 atom stereocenters. The van der Waals surface area contributed by atoms with Crippen molar-refractivity contribution in [1.82, 2.24) is 10.6 Å². The van der Waals surface area contributed by atoms with Crippen molar-refractivity contribution < 1.29 is 14.7 Å². The van der Waals surface area contributed by atoms with Crippen LogP contribution >= 0.6 is 0 Å². The predicted molar refractivity (Wildman–Crippen MR) is 90.8 cm³/mol. The van der Waals surface area contributed by atoms with Crippen LogP contribution in [-0.2, 0) is 16.0 Å². The van der Waals surface area contributed by atoms with Crippen molar-refractivity contribution in [2.24, 2.45) is 5.41 Å². The van der Waals surface area contributed by atoms with Gasteiger partial charge in [0.05, 0.1) is 18.7 Å². The van der Waals surface area contributed by atoms with Gasteiger partial charge in [0.1, 0.15) is 0 Å². The van der Waals surface area contributed by atoms with E-state index < -0.39 is 6.10 Å². The van der Waals surface area contributed by atoms with E-state index in [0.29, 0.717) is 12.8 Å².